The van der Waals surface area contributed by atoms with E-state index in [1.54, 1.807) is 54.7 Å². The fourth-order valence-corrected chi connectivity index (χ4v) is 9.98. The topological polar surface area (TPSA) is 230 Å². The third kappa shape index (κ3) is 14.5. The molecule has 0 saturated carbocycles. The molecule has 0 bridgehead atoms. The van der Waals surface area contributed by atoms with Crippen molar-refractivity contribution in [2.75, 3.05) is 34.9 Å². The lowest BCUT2D eigenvalue weighted by molar-refractivity contribution is -0.319. The number of ether oxygens (including phenoxy) is 8. The van der Waals surface area contributed by atoms with Crippen LogP contribution in [0.15, 0.2) is 4.99 Å². The van der Waals surface area contributed by atoms with Gasteiger partial charge in [-0.25, -0.2) is 9.79 Å². The maximum atomic E-state index is 14.5. The van der Waals surface area contributed by atoms with Crippen LogP contribution in [0.1, 0.15) is 134 Å². The molecule has 18 heteroatoms. The molecular weight excluding hydrogens is 859 g/mol. The molecule has 66 heavy (non-hydrogen) atoms. The number of hydrogen-bond acceptors (Lipinski definition) is 16. The summed E-state index contributed by atoms with van der Waals surface area (Å²) in [4.78, 5) is 59.4. The number of Topliss-reactive ketones (excluding diaryl/α,β-unsaturated/α-hetero) is 1. The molecule has 18 nitrogen and oxygen atoms in total. The molecular formula is C48H85N3O15. The van der Waals surface area contributed by atoms with E-state index >= 15 is 0 Å². The lowest BCUT2D eigenvalue weighted by atomic mass is 9.74. The Hall–Kier alpha value is -2.65. The van der Waals surface area contributed by atoms with E-state index in [9.17, 15) is 34.5 Å². The number of aliphatic imine (C=N–C) groups is 1. The third-order valence-electron chi connectivity index (χ3n) is 14.2. The molecule has 0 spiro atoms. The van der Waals surface area contributed by atoms with Gasteiger partial charge < -0.3 is 63.4 Å². The van der Waals surface area contributed by atoms with E-state index in [-0.39, 0.29) is 43.1 Å². The monoisotopic (exact) mass is 944 g/mol. The summed E-state index contributed by atoms with van der Waals surface area (Å²) in [5, 5.41) is 37.9. The Morgan fingerprint density at radius 3 is 2.12 bits per heavy atom. The van der Waals surface area contributed by atoms with E-state index in [0.29, 0.717) is 45.1 Å². The Bertz CT molecular complexity index is 1600. The van der Waals surface area contributed by atoms with Crippen LogP contribution in [0.3, 0.4) is 0 Å². The molecule has 2 amide bonds. The number of rotatable bonds is 16. The van der Waals surface area contributed by atoms with Crippen LogP contribution in [0.25, 0.3) is 0 Å². The molecule has 3 rings (SSSR count). The number of carbonyl (C=O) groups excluding carboxylic acids is 4. The number of esters is 1. The van der Waals surface area contributed by atoms with Gasteiger partial charge >= 0.3 is 12.1 Å². The lowest BCUT2D eigenvalue weighted by Crippen LogP contribution is -2.62. The molecule has 0 aromatic heterocycles. The maximum absolute atomic E-state index is 14.5. The molecule has 0 aromatic carbocycles. The van der Waals surface area contributed by atoms with Crippen molar-refractivity contribution in [2.45, 2.75) is 218 Å². The second kappa shape index (κ2) is 25.3. The van der Waals surface area contributed by atoms with Gasteiger partial charge in [-0.3, -0.25) is 14.4 Å². The van der Waals surface area contributed by atoms with Crippen molar-refractivity contribution in [3.05, 3.63) is 0 Å². The number of methoxy groups -OCH3 is 2. The van der Waals surface area contributed by atoms with Gasteiger partial charge in [0.1, 0.15) is 29.2 Å². The van der Waals surface area contributed by atoms with Crippen LogP contribution in [0.5, 0.6) is 0 Å². The molecule has 4 N–H and O–H groups in total. The van der Waals surface area contributed by atoms with Gasteiger partial charge in [0.2, 0.25) is 5.91 Å². The second-order valence-corrected chi connectivity index (χ2v) is 19.9. The van der Waals surface area contributed by atoms with Crippen LogP contribution in [-0.2, 0) is 52.3 Å². The Labute approximate surface area is 393 Å². The first-order valence-corrected chi connectivity index (χ1v) is 24.0. The number of cyclic esters (lactones) is 1. The number of likely N-dealkylation sites (N-methyl/N-ethyl adjacent to an activating group) is 1. The van der Waals surface area contributed by atoms with E-state index in [1.165, 1.54) is 21.1 Å². The normalized spacial score (nSPS) is 41.0. The number of hydrogen-bond donors (Lipinski definition) is 4. The van der Waals surface area contributed by atoms with Crippen molar-refractivity contribution in [1.82, 2.24) is 10.2 Å². The molecule has 3 fully saturated rings. The summed E-state index contributed by atoms with van der Waals surface area (Å²) in [6.45, 7) is 19.2. The Kier molecular flexibility index (Phi) is 22.1. The molecule has 0 aliphatic carbocycles. The van der Waals surface area contributed by atoms with E-state index in [2.05, 4.69) is 10.3 Å². The van der Waals surface area contributed by atoms with Gasteiger partial charge in [-0.2, -0.15) is 0 Å². The molecule has 0 radical (unpaired) electrons. The van der Waals surface area contributed by atoms with Gasteiger partial charge in [0.25, 0.3) is 0 Å². The summed E-state index contributed by atoms with van der Waals surface area (Å²) in [7, 11) is 6.73. The van der Waals surface area contributed by atoms with E-state index in [0.717, 1.165) is 0 Å². The van der Waals surface area contributed by atoms with Gasteiger partial charge in [0.15, 0.2) is 18.7 Å². The Morgan fingerprint density at radius 2 is 1.53 bits per heavy atom. The predicted molar refractivity (Wildman–Crippen MR) is 246 cm³/mol. The molecule has 3 aliphatic heterocycles. The highest BCUT2D eigenvalue weighted by atomic mass is 16.7. The number of aliphatic hydroxyl groups excluding tert-OH is 2. The summed E-state index contributed by atoms with van der Waals surface area (Å²) < 4.78 is 50.9. The van der Waals surface area contributed by atoms with Crippen LogP contribution < -0.4 is 5.32 Å². The van der Waals surface area contributed by atoms with E-state index in [1.807, 2.05) is 39.8 Å². The first-order chi connectivity index (χ1) is 30.8. The van der Waals surface area contributed by atoms with Crippen LogP contribution in [0, 0.1) is 23.7 Å². The highest BCUT2D eigenvalue weighted by molar-refractivity contribution is 5.85. The van der Waals surface area contributed by atoms with Crippen LogP contribution >= 0.6 is 0 Å². The number of nitrogens with zero attached hydrogens (tertiary/aromatic N) is 2. The maximum Gasteiger partial charge on any atom is 0.407 e. The van der Waals surface area contributed by atoms with Crippen molar-refractivity contribution < 1.29 is 72.4 Å². The number of nitrogens with one attached hydrogen (secondary N) is 1. The minimum Gasteiger partial charge on any atom is -0.459 e. The minimum absolute atomic E-state index is 0.0484. The largest absolute Gasteiger partial charge is 0.459 e. The van der Waals surface area contributed by atoms with Crippen LogP contribution in [-0.4, -0.2) is 169 Å². The number of aliphatic hydroxyl groups is 3. The van der Waals surface area contributed by atoms with E-state index in [4.69, 9.17) is 37.9 Å². The number of amides is 2. The van der Waals surface area contributed by atoms with Gasteiger partial charge in [0.05, 0.1) is 42.0 Å². The Balaban J connectivity index is 2.02. The molecule has 3 heterocycles. The zero-order chi connectivity index (χ0) is 49.9. The van der Waals surface area contributed by atoms with Gasteiger partial charge in [0, 0.05) is 63.6 Å². The van der Waals surface area contributed by atoms with Crippen LogP contribution in [0.2, 0.25) is 0 Å². The van der Waals surface area contributed by atoms with Crippen molar-refractivity contribution >= 4 is 30.0 Å². The molecule has 0 unspecified atom stereocenters. The zero-order valence-corrected chi connectivity index (χ0v) is 42.4. The summed E-state index contributed by atoms with van der Waals surface area (Å²) in [6, 6.07) is -0.322. The smallest absolute Gasteiger partial charge is 0.407 e. The fraction of sp³-hybridized carbons (Fsp3) is 0.896. The average molecular weight is 944 g/mol. The number of unbranched alkanes of at least 4 members (excludes halogenated alkanes) is 2. The molecule has 3 saturated heterocycles. The standard InChI is InChI=1S/C48H85N3O15/c1-16-22-49-35(52)21-19-18-20-23-50-45(57)66-42-32(8)62-36(26-47(42,10)60-15)64-39-30(6)41(65-44-38(54)33(51(12)13)24-28(4)61-44)46(9,59-14)25-27(3)37(53)29(5)40(55)48(11,58)34(17-2)63-43(56)31(39)7/h22,27-34,36,38-42,44,54-55,58H,16-21,23-26H2,1-15H3,(H,50,57)/t27-,28-,29+,30+,31-,32+,33+,34-,36+,38-,39+,40-,41-,42+,44+,46-,47-,48-/m1/s1. The van der Waals surface area contributed by atoms with Crippen molar-refractivity contribution in [1.29, 1.82) is 0 Å². The summed E-state index contributed by atoms with van der Waals surface area (Å²) >= 11 is 0. The fourth-order valence-electron chi connectivity index (χ4n) is 9.98. The van der Waals surface area contributed by atoms with Crippen molar-refractivity contribution in [3.8, 4) is 0 Å². The zero-order valence-electron chi connectivity index (χ0n) is 42.4. The number of ketones is 1. The quantitative estimate of drug-likeness (QED) is 0.0930. The SMILES string of the molecule is CCC=NC(=O)CCCCCNC(=O)O[C@H]1[C@H](C)O[C@@H](O[C@H]2[C@H](C)[C@@H](O[C@@H]3O[C@H](C)C[C@H](N(C)C)[C@H]3O)[C@](C)(OC)C[C@@H](C)C(=O)[C@H](C)[C@@H](O)[C@](C)(O)[C@@H](CC)OC(=O)[C@@H]2C)C[C@@]1(C)OC. The summed E-state index contributed by atoms with van der Waals surface area (Å²) in [5.41, 5.74) is -4.46. The second-order valence-electron chi connectivity index (χ2n) is 19.9. The van der Waals surface area contributed by atoms with Gasteiger partial charge in [-0.1, -0.05) is 41.0 Å². The first kappa shape index (κ1) is 57.7. The van der Waals surface area contributed by atoms with Gasteiger partial charge in [-0.15, -0.1) is 0 Å². The number of alkyl carbamates (subject to hydrolysis) is 1. The summed E-state index contributed by atoms with van der Waals surface area (Å²) in [6.07, 6.45) is -5.43. The first-order valence-electron chi connectivity index (χ1n) is 24.0. The summed E-state index contributed by atoms with van der Waals surface area (Å²) in [5.74, 6) is -4.91. The third-order valence-corrected chi connectivity index (χ3v) is 14.2. The predicted octanol–water partition coefficient (Wildman–Crippen LogP) is 4.74. The van der Waals surface area contributed by atoms with Crippen LogP contribution in [0.4, 0.5) is 4.79 Å². The highest BCUT2D eigenvalue weighted by Gasteiger charge is 2.55. The Morgan fingerprint density at radius 1 is 0.894 bits per heavy atom. The van der Waals surface area contributed by atoms with Gasteiger partial charge in [-0.05, 0) is 94.2 Å². The van der Waals surface area contributed by atoms with Crippen molar-refractivity contribution in [3.63, 3.8) is 0 Å². The molecule has 18 atom stereocenters. The lowest BCUT2D eigenvalue weighted by Gasteiger charge is -2.50. The molecule has 382 valence electrons. The van der Waals surface area contributed by atoms with Crippen molar-refractivity contribution in [2.24, 2.45) is 28.7 Å². The molecule has 3 aliphatic rings. The average Bonchev–Trinajstić information content (AvgIpc) is 3.27. The minimum atomic E-state index is -2.01. The highest BCUT2D eigenvalue weighted by Crippen LogP contribution is 2.42. The molecule has 0 aromatic rings. The van der Waals surface area contributed by atoms with E-state index < -0.39 is 108 Å². The number of carbonyl (C=O) groups is 4.